The van der Waals surface area contributed by atoms with Crippen molar-refractivity contribution in [2.24, 2.45) is 4.99 Å². The number of ether oxygens (including phenoxy) is 1. The van der Waals surface area contributed by atoms with Crippen LogP contribution in [0.25, 0.3) is 0 Å². The lowest BCUT2D eigenvalue weighted by Crippen LogP contribution is -2.48. The number of benzene rings is 2. The molecule has 0 amide bonds. The topological polar surface area (TPSA) is 28.1 Å². The van der Waals surface area contributed by atoms with Gasteiger partial charge in [-0.1, -0.05) is 36.4 Å². The minimum Gasteiger partial charge on any atom is -0.456 e. The third kappa shape index (κ3) is 3.08. The summed E-state index contributed by atoms with van der Waals surface area (Å²) in [5, 5.41) is 0. The Hall–Kier alpha value is -2.40. The van der Waals surface area contributed by atoms with Crippen LogP contribution in [0.5, 0.6) is 0 Å². The summed E-state index contributed by atoms with van der Waals surface area (Å²) in [6.07, 6.45) is 3.00. The van der Waals surface area contributed by atoms with Crippen LogP contribution in [0.15, 0.2) is 53.5 Å². The van der Waals surface area contributed by atoms with E-state index < -0.39 is 0 Å². The maximum atomic E-state index is 13.6. The molecule has 146 valence electrons. The fraction of sp³-hybridized carbons (Fsp3) is 0.435. The van der Waals surface area contributed by atoms with Gasteiger partial charge in [0.2, 0.25) is 0 Å². The Labute approximate surface area is 165 Å². The van der Waals surface area contributed by atoms with Crippen molar-refractivity contribution in [2.75, 3.05) is 33.2 Å². The Morgan fingerprint density at radius 1 is 1.04 bits per heavy atom. The summed E-state index contributed by atoms with van der Waals surface area (Å²) in [6, 6.07) is 16.2. The van der Waals surface area contributed by atoms with Gasteiger partial charge in [0, 0.05) is 32.5 Å². The van der Waals surface area contributed by atoms with Crippen molar-refractivity contribution in [3.63, 3.8) is 0 Å². The Morgan fingerprint density at radius 3 is 2.57 bits per heavy atom. The van der Waals surface area contributed by atoms with Gasteiger partial charge in [0.1, 0.15) is 11.4 Å². The quantitative estimate of drug-likeness (QED) is 0.758. The van der Waals surface area contributed by atoms with Crippen molar-refractivity contribution < 1.29 is 9.13 Å². The SMILES string of the molecule is CN1CCC2(CC1)CN=C(N1CCc3ccccc3[C@@H]1c1ccc(F)cc1)O2. The van der Waals surface area contributed by atoms with Crippen LogP contribution < -0.4 is 0 Å². The molecule has 0 radical (unpaired) electrons. The summed E-state index contributed by atoms with van der Waals surface area (Å²) in [6.45, 7) is 3.69. The summed E-state index contributed by atoms with van der Waals surface area (Å²) < 4.78 is 20.1. The van der Waals surface area contributed by atoms with Crippen molar-refractivity contribution in [2.45, 2.75) is 30.9 Å². The standard InChI is InChI=1S/C23H26FN3O/c1-26-14-11-23(12-15-26)16-25-22(28-23)27-13-10-17-4-2-3-5-20(17)21(27)18-6-8-19(24)9-7-18/h2-9,21H,10-16H2,1H3/t21-/m0/s1. The molecule has 1 saturated heterocycles. The molecule has 28 heavy (non-hydrogen) atoms. The lowest BCUT2D eigenvalue weighted by Gasteiger charge is -2.41. The van der Waals surface area contributed by atoms with Crippen LogP contribution in [0.1, 0.15) is 35.6 Å². The van der Waals surface area contributed by atoms with E-state index in [4.69, 9.17) is 9.73 Å². The number of likely N-dealkylation sites (tertiary alicyclic amines) is 1. The van der Waals surface area contributed by atoms with Crippen molar-refractivity contribution in [1.29, 1.82) is 0 Å². The molecule has 2 aromatic rings. The van der Waals surface area contributed by atoms with Crippen LogP contribution in [0.4, 0.5) is 4.39 Å². The molecule has 0 aliphatic carbocycles. The zero-order chi connectivity index (χ0) is 19.1. The molecule has 1 atom stereocenters. The minimum absolute atomic E-state index is 0.00529. The molecule has 3 aliphatic heterocycles. The highest BCUT2D eigenvalue weighted by Gasteiger charge is 2.44. The Morgan fingerprint density at radius 2 is 1.79 bits per heavy atom. The summed E-state index contributed by atoms with van der Waals surface area (Å²) in [5.74, 6) is -0.209. The highest BCUT2D eigenvalue weighted by molar-refractivity contribution is 5.78. The number of halogens is 1. The van der Waals surface area contributed by atoms with Crippen LogP contribution in [0.3, 0.4) is 0 Å². The summed E-state index contributed by atoms with van der Waals surface area (Å²) in [4.78, 5) is 9.49. The van der Waals surface area contributed by atoms with E-state index in [9.17, 15) is 4.39 Å². The van der Waals surface area contributed by atoms with E-state index in [0.29, 0.717) is 0 Å². The molecule has 4 nitrogen and oxygen atoms in total. The molecule has 5 rings (SSSR count). The van der Waals surface area contributed by atoms with E-state index in [1.165, 1.54) is 11.1 Å². The van der Waals surface area contributed by atoms with E-state index in [0.717, 1.165) is 57.0 Å². The predicted molar refractivity (Wildman–Crippen MR) is 108 cm³/mol. The predicted octanol–water partition coefficient (Wildman–Crippen LogP) is 3.62. The third-order valence-electron chi connectivity index (χ3n) is 6.42. The van der Waals surface area contributed by atoms with Crippen LogP contribution in [-0.4, -0.2) is 54.6 Å². The number of fused-ring (bicyclic) bond motifs is 1. The van der Waals surface area contributed by atoms with Crippen molar-refractivity contribution >= 4 is 6.02 Å². The molecule has 1 spiro atoms. The van der Waals surface area contributed by atoms with Gasteiger partial charge >= 0.3 is 0 Å². The van der Waals surface area contributed by atoms with Crippen molar-refractivity contribution in [3.05, 3.63) is 71.0 Å². The number of hydrogen-bond donors (Lipinski definition) is 0. The second-order valence-electron chi connectivity index (χ2n) is 8.28. The molecular formula is C23H26FN3O. The molecule has 0 unspecified atom stereocenters. The first-order valence-corrected chi connectivity index (χ1v) is 10.2. The first kappa shape index (κ1) is 17.7. The fourth-order valence-electron chi connectivity index (χ4n) is 4.68. The highest BCUT2D eigenvalue weighted by Crippen LogP contribution is 2.39. The molecule has 2 aromatic carbocycles. The lowest BCUT2D eigenvalue weighted by atomic mass is 9.88. The first-order valence-electron chi connectivity index (χ1n) is 10.2. The number of aliphatic imine (C=N–C) groups is 1. The maximum absolute atomic E-state index is 13.6. The van der Waals surface area contributed by atoms with Gasteiger partial charge in [-0.3, -0.25) is 0 Å². The molecule has 0 aromatic heterocycles. The van der Waals surface area contributed by atoms with Gasteiger partial charge in [-0.2, -0.15) is 0 Å². The van der Waals surface area contributed by atoms with Gasteiger partial charge in [-0.15, -0.1) is 0 Å². The van der Waals surface area contributed by atoms with Crippen molar-refractivity contribution in [1.82, 2.24) is 9.80 Å². The van der Waals surface area contributed by atoms with Gasteiger partial charge in [0.15, 0.2) is 0 Å². The summed E-state index contributed by atoms with van der Waals surface area (Å²) >= 11 is 0. The maximum Gasteiger partial charge on any atom is 0.288 e. The minimum atomic E-state index is -0.209. The number of piperidine rings is 1. The summed E-state index contributed by atoms with van der Waals surface area (Å²) in [7, 11) is 2.16. The van der Waals surface area contributed by atoms with Crippen LogP contribution in [-0.2, 0) is 11.2 Å². The number of hydrogen-bond acceptors (Lipinski definition) is 4. The van der Waals surface area contributed by atoms with E-state index >= 15 is 0 Å². The Balaban J connectivity index is 1.47. The number of nitrogens with zero attached hydrogens (tertiary/aromatic N) is 3. The van der Waals surface area contributed by atoms with Crippen LogP contribution in [0, 0.1) is 5.82 Å². The number of amidine groups is 1. The second kappa shape index (κ2) is 6.89. The van der Waals surface area contributed by atoms with E-state index in [1.54, 1.807) is 12.1 Å². The van der Waals surface area contributed by atoms with Crippen LogP contribution in [0.2, 0.25) is 0 Å². The number of rotatable bonds is 1. The fourth-order valence-corrected chi connectivity index (χ4v) is 4.68. The van der Waals surface area contributed by atoms with E-state index in [1.807, 2.05) is 12.1 Å². The molecule has 1 fully saturated rings. The average Bonchev–Trinajstić information content (AvgIpc) is 3.14. The monoisotopic (exact) mass is 379 g/mol. The molecule has 0 bridgehead atoms. The van der Waals surface area contributed by atoms with Gasteiger partial charge in [0.25, 0.3) is 6.02 Å². The molecule has 0 saturated carbocycles. The smallest absolute Gasteiger partial charge is 0.288 e. The Kier molecular flexibility index (Phi) is 4.35. The first-order chi connectivity index (χ1) is 13.6. The van der Waals surface area contributed by atoms with Gasteiger partial charge in [0.05, 0.1) is 12.6 Å². The highest BCUT2D eigenvalue weighted by atomic mass is 19.1. The van der Waals surface area contributed by atoms with E-state index in [2.05, 4.69) is 41.1 Å². The molecule has 5 heteroatoms. The largest absolute Gasteiger partial charge is 0.456 e. The molecule has 3 aliphatic rings. The van der Waals surface area contributed by atoms with Gasteiger partial charge < -0.3 is 14.5 Å². The molecule has 0 N–H and O–H groups in total. The lowest BCUT2D eigenvalue weighted by molar-refractivity contribution is 0.00782. The van der Waals surface area contributed by atoms with Crippen LogP contribution >= 0.6 is 0 Å². The zero-order valence-corrected chi connectivity index (χ0v) is 16.3. The zero-order valence-electron chi connectivity index (χ0n) is 16.3. The van der Waals surface area contributed by atoms with Gasteiger partial charge in [-0.25, -0.2) is 9.38 Å². The summed E-state index contributed by atoms with van der Waals surface area (Å²) in [5.41, 5.74) is 3.53. The third-order valence-corrected chi connectivity index (χ3v) is 6.42. The molecular weight excluding hydrogens is 353 g/mol. The Bertz CT molecular complexity index is 887. The van der Waals surface area contributed by atoms with E-state index in [-0.39, 0.29) is 17.5 Å². The average molecular weight is 379 g/mol. The van der Waals surface area contributed by atoms with Gasteiger partial charge in [-0.05, 0) is 42.3 Å². The molecule has 3 heterocycles. The normalized spacial score (nSPS) is 24.0. The van der Waals surface area contributed by atoms with Crippen molar-refractivity contribution in [3.8, 4) is 0 Å². The second-order valence-corrected chi connectivity index (χ2v) is 8.28.